The van der Waals surface area contributed by atoms with Crippen molar-refractivity contribution in [2.45, 2.75) is 46.4 Å². The van der Waals surface area contributed by atoms with Gasteiger partial charge in [0.2, 0.25) is 0 Å². The molecule has 2 N–H and O–H groups in total. The Hall–Kier alpha value is -1.13. The lowest BCUT2D eigenvalue weighted by Gasteiger charge is -2.18. The lowest BCUT2D eigenvalue weighted by atomic mass is 10.2. The largest absolute Gasteiger partial charge is 0.485 e. The number of aliphatic hydroxyl groups excluding tert-OH is 1. The van der Waals surface area contributed by atoms with E-state index in [4.69, 9.17) is 4.74 Å². The van der Waals surface area contributed by atoms with Crippen LogP contribution >= 0.6 is 0 Å². The van der Waals surface area contributed by atoms with Crippen molar-refractivity contribution in [3.05, 3.63) is 29.6 Å². The predicted molar refractivity (Wildman–Crippen MR) is 74.7 cm³/mol. The Morgan fingerprint density at radius 2 is 1.95 bits per heavy atom. The van der Waals surface area contributed by atoms with Crippen molar-refractivity contribution in [3.63, 3.8) is 0 Å². The van der Waals surface area contributed by atoms with Gasteiger partial charge in [0.05, 0.1) is 6.10 Å². The average molecular weight is 269 g/mol. The second-order valence-electron chi connectivity index (χ2n) is 5.35. The first-order chi connectivity index (χ1) is 8.90. The summed E-state index contributed by atoms with van der Waals surface area (Å²) in [7, 11) is 0. The Morgan fingerprint density at radius 3 is 2.47 bits per heavy atom. The van der Waals surface area contributed by atoms with Gasteiger partial charge in [0, 0.05) is 6.54 Å². The number of rotatable bonds is 7. The van der Waals surface area contributed by atoms with Gasteiger partial charge in [-0.1, -0.05) is 19.9 Å². The number of hydrogen-bond donors (Lipinski definition) is 2. The fraction of sp³-hybridized carbons (Fsp3) is 0.600. The summed E-state index contributed by atoms with van der Waals surface area (Å²) >= 11 is 0. The second kappa shape index (κ2) is 7.46. The van der Waals surface area contributed by atoms with Gasteiger partial charge in [-0.25, -0.2) is 4.39 Å². The van der Waals surface area contributed by atoms with E-state index < -0.39 is 18.0 Å². The number of ether oxygens (including phenoxy) is 1. The highest BCUT2D eigenvalue weighted by Crippen LogP contribution is 2.20. The smallest absolute Gasteiger partial charge is 0.165 e. The van der Waals surface area contributed by atoms with Crippen LogP contribution in [0.25, 0.3) is 0 Å². The Bertz CT molecular complexity index is 394. The molecule has 108 valence electrons. The van der Waals surface area contributed by atoms with Crippen molar-refractivity contribution in [2.75, 3.05) is 6.54 Å². The summed E-state index contributed by atoms with van der Waals surface area (Å²) in [6, 6.07) is 4.92. The molecule has 0 amide bonds. The summed E-state index contributed by atoms with van der Waals surface area (Å²) in [4.78, 5) is 0. The van der Waals surface area contributed by atoms with Gasteiger partial charge in [-0.05, 0) is 44.0 Å². The van der Waals surface area contributed by atoms with Crippen molar-refractivity contribution in [1.29, 1.82) is 0 Å². The maximum atomic E-state index is 13.8. The van der Waals surface area contributed by atoms with Crippen molar-refractivity contribution in [1.82, 2.24) is 5.32 Å². The maximum Gasteiger partial charge on any atom is 0.165 e. The highest BCUT2D eigenvalue weighted by atomic mass is 19.1. The fourth-order valence-electron chi connectivity index (χ4n) is 1.55. The van der Waals surface area contributed by atoms with E-state index >= 15 is 0 Å². The van der Waals surface area contributed by atoms with Gasteiger partial charge < -0.3 is 15.2 Å². The van der Waals surface area contributed by atoms with Crippen molar-refractivity contribution in [2.24, 2.45) is 5.92 Å². The summed E-state index contributed by atoms with van der Waals surface area (Å²) in [5.41, 5.74) is 0.884. The average Bonchev–Trinajstić information content (AvgIpc) is 2.31. The Kier molecular flexibility index (Phi) is 6.25. The third-order valence-corrected chi connectivity index (χ3v) is 2.87. The second-order valence-corrected chi connectivity index (χ2v) is 5.35. The molecular formula is C15H24FNO2. The molecule has 0 fully saturated rings. The standard InChI is InChI=1S/C15H24FNO2/c1-10(2)8-17-9-13-5-6-15(14(16)7-13)19-12(4)11(3)18/h5-7,10-12,17-18H,8-9H2,1-4H3. The summed E-state index contributed by atoms with van der Waals surface area (Å²) in [6.45, 7) is 9.12. The van der Waals surface area contributed by atoms with E-state index in [1.807, 2.05) is 6.07 Å². The number of aliphatic hydroxyl groups is 1. The third kappa shape index (κ3) is 5.57. The van der Waals surface area contributed by atoms with Crippen molar-refractivity contribution < 1.29 is 14.2 Å². The van der Waals surface area contributed by atoms with Gasteiger partial charge in [-0.3, -0.25) is 0 Å². The van der Waals surface area contributed by atoms with Crippen LogP contribution in [0.4, 0.5) is 4.39 Å². The summed E-state index contributed by atoms with van der Waals surface area (Å²) in [5.74, 6) is 0.358. The minimum atomic E-state index is -0.633. The zero-order valence-electron chi connectivity index (χ0n) is 12.1. The van der Waals surface area contributed by atoms with Crippen LogP contribution in [0.3, 0.4) is 0 Å². The zero-order valence-corrected chi connectivity index (χ0v) is 12.1. The molecule has 0 saturated carbocycles. The molecule has 0 spiro atoms. The minimum Gasteiger partial charge on any atom is -0.485 e. The molecule has 0 aliphatic rings. The van der Waals surface area contributed by atoms with Crippen LogP contribution < -0.4 is 10.1 Å². The van der Waals surface area contributed by atoms with Crippen molar-refractivity contribution >= 4 is 0 Å². The van der Waals surface area contributed by atoms with E-state index in [0.717, 1.165) is 12.1 Å². The van der Waals surface area contributed by atoms with E-state index in [-0.39, 0.29) is 5.75 Å². The number of benzene rings is 1. The van der Waals surface area contributed by atoms with Crippen LogP contribution in [0.1, 0.15) is 33.3 Å². The third-order valence-electron chi connectivity index (χ3n) is 2.87. The normalized spacial score (nSPS) is 14.5. The predicted octanol–water partition coefficient (Wildman–Crippen LogP) is 2.72. The number of hydrogen-bond acceptors (Lipinski definition) is 3. The maximum absolute atomic E-state index is 13.8. The summed E-state index contributed by atoms with van der Waals surface area (Å²) < 4.78 is 19.2. The van der Waals surface area contributed by atoms with Crippen molar-refractivity contribution in [3.8, 4) is 5.75 Å². The van der Waals surface area contributed by atoms with Gasteiger partial charge in [-0.2, -0.15) is 0 Å². The van der Waals surface area contributed by atoms with Crippen LogP contribution in [-0.4, -0.2) is 23.9 Å². The topological polar surface area (TPSA) is 41.5 Å². The highest BCUT2D eigenvalue weighted by Gasteiger charge is 2.13. The highest BCUT2D eigenvalue weighted by molar-refractivity contribution is 5.29. The molecule has 2 atom stereocenters. The molecule has 0 aromatic heterocycles. The van der Waals surface area contributed by atoms with E-state index in [9.17, 15) is 9.50 Å². The summed E-state index contributed by atoms with van der Waals surface area (Å²) in [5, 5.41) is 12.6. The number of nitrogens with one attached hydrogen (secondary N) is 1. The molecule has 0 saturated heterocycles. The van der Waals surface area contributed by atoms with Gasteiger partial charge in [-0.15, -0.1) is 0 Å². The molecular weight excluding hydrogens is 245 g/mol. The lowest BCUT2D eigenvalue weighted by Crippen LogP contribution is -2.26. The Morgan fingerprint density at radius 1 is 1.26 bits per heavy atom. The first-order valence-electron chi connectivity index (χ1n) is 6.74. The van der Waals surface area contributed by atoms with Crippen LogP contribution in [0.5, 0.6) is 5.75 Å². The molecule has 19 heavy (non-hydrogen) atoms. The Labute approximate surface area is 114 Å². The SMILES string of the molecule is CC(C)CNCc1ccc(OC(C)C(C)O)c(F)c1. The zero-order chi connectivity index (χ0) is 14.4. The van der Waals surface area contributed by atoms with Crippen LogP contribution in [-0.2, 0) is 6.54 Å². The Balaban J connectivity index is 2.59. The molecule has 1 rings (SSSR count). The van der Waals surface area contributed by atoms with Crippen LogP contribution in [0.15, 0.2) is 18.2 Å². The molecule has 3 nitrogen and oxygen atoms in total. The molecule has 2 unspecified atom stereocenters. The van der Waals surface area contributed by atoms with Gasteiger partial charge in [0.25, 0.3) is 0 Å². The van der Waals surface area contributed by atoms with E-state index in [1.54, 1.807) is 19.9 Å². The molecule has 4 heteroatoms. The van der Waals surface area contributed by atoms with Gasteiger partial charge >= 0.3 is 0 Å². The summed E-state index contributed by atoms with van der Waals surface area (Å²) in [6.07, 6.45) is -1.06. The quantitative estimate of drug-likeness (QED) is 0.799. The molecule has 1 aromatic carbocycles. The van der Waals surface area contributed by atoms with Crippen LogP contribution in [0.2, 0.25) is 0 Å². The molecule has 0 bridgehead atoms. The lowest BCUT2D eigenvalue weighted by molar-refractivity contribution is 0.0579. The molecule has 0 aliphatic carbocycles. The molecule has 0 aliphatic heterocycles. The molecule has 0 radical (unpaired) electrons. The minimum absolute atomic E-state index is 0.181. The van der Waals surface area contributed by atoms with Gasteiger partial charge in [0.15, 0.2) is 11.6 Å². The monoisotopic (exact) mass is 269 g/mol. The number of halogens is 1. The van der Waals surface area contributed by atoms with Gasteiger partial charge in [0.1, 0.15) is 6.10 Å². The van der Waals surface area contributed by atoms with Crippen LogP contribution in [0, 0.1) is 11.7 Å². The van der Waals surface area contributed by atoms with E-state index in [2.05, 4.69) is 19.2 Å². The van der Waals surface area contributed by atoms with E-state index in [1.165, 1.54) is 6.07 Å². The molecule has 0 heterocycles. The molecule has 1 aromatic rings. The fourth-order valence-corrected chi connectivity index (χ4v) is 1.55. The van der Waals surface area contributed by atoms with E-state index in [0.29, 0.717) is 12.5 Å². The first-order valence-corrected chi connectivity index (χ1v) is 6.74. The first kappa shape index (κ1) is 15.9.